The number of pyridine rings is 1. The third kappa shape index (κ3) is 3.24. The summed E-state index contributed by atoms with van der Waals surface area (Å²) in [6, 6.07) is 13.7. The van der Waals surface area contributed by atoms with Gasteiger partial charge in [-0.25, -0.2) is 9.98 Å². The summed E-state index contributed by atoms with van der Waals surface area (Å²) in [6.07, 6.45) is 6.61. The van der Waals surface area contributed by atoms with Gasteiger partial charge in [0.15, 0.2) is 6.19 Å². The summed E-state index contributed by atoms with van der Waals surface area (Å²) in [7, 11) is 0. The van der Waals surface area contributed by atoms with E-state index in [4.69, 9.17) is 16.0 Å². The lowest BCUT2D eigenvalue weighted by Gasteiger charge is -2.39. The van der Waals surface area contributed by atoms with E-state index in [0.717, 1.165) is 24.9 Å². The van der Waals surface area contributed by atoms with Crippen molar-refractivity contribution in [3.05, 3.63) is 54.2 Å². The maximum atomic E-state index is 9.00. The molecule has 0 saturated heterocycles. The molecular weight excluding hydrogens is 288 g/mol. The molecule has 4 N–H and O–H groups in total. The summed E-state index contributed by atoms with van der Waals surface area (Å²) in [5.74, 6) is 0.865. The molecule has 23 heavy (non-hydrogen) atoms. The van der Waals surface area contributed by atoms with Crippen molar-refractivity contribution in [2.45, 2.75) is 24.8 Å². The number of hydrogen-bond donors (Lipinski definition) is 3. The molecule has 1 heterocycles. The standard InChI is InChI=1S/C17H18N6/c18-12-21-16(22-14-7-8-15(19)20-11-14)23-17(9-4-10-17)13-5-2-1-3-6-13/h1-3,5-8,11H,4,9-10H2,(H2,19,20)(H2,21,22,23). The Labute approximate surface area is 135 Å². The highest BCUT2D eigenvalue weighted by Crippen LogP contribution is 2.44. The van der Waals surface area contributed by atoms with E-state index in [1.54, 1.807) is 18.3 Å². The Kier molecular flexibility index (Phi) is 4.11. The van der Waals surface area contributed by atoms with E-state index in [1.165, 1.54) is 5.56 Å². The first kappa shape index (κ1) is 14.9. The number of anilines is 2. The molecule has 1 aliphatic carbocycles. The van der Waals surface area contributed by atoms with Crippen LogP contribution in [0.2, 0.25) is 0 Å². The van der Waals surface area contributed by atoms with Gasteiger partial charge in [0.1, 0.15) is 5.82 Å². The van der Waals surface area contributed by atoms with Gasteiger partial charge in [0.2, 0.25) is 5.96 Å². The van der Waals surface area contributed by atoms with Gasteiger partial charge >= 0.3 is 0 Å². The van der Waals surface area contributed by atoms with Gasteiger partial charge in [-0.1, -0.05) is 30.3 Å². The van der Waals surface area contributed by atoms with Crippen LogP contribution in [0.15, 0.2) is 53.7 Å². The van der Waals surface area contributed by atoms with Gasteiger partial charge in [0.25, 0.3) is 0 Å². The second-order valence-corrected chi connectivity index (χ2v) is 5.55. The molecule has 1 aromatic heterocycles. The van der Waals surface area contributed by atoms with Crippen LogP contribution in [0.3, 0.4) is 0 Å². The number of rotatable bonds is 3. The highest BCUT2D eigenvalue weighted by atomic mass is 15.2. The number of aliphatic imine (C=N–C) groups is 1. The minimum absolute atomic E-state index is 0.269. The minimum Gasteiger partial charge on any atom is -0.384 e. The maximum Gasteiger partial charge on any atom is 0.210 e. The monoisotopic (exact) mass is 306 g/mol. The van der Waals surface area contributed by atoms with Crippen molar-refractivity contribution in [3.63, 3.8) is 0 Å². The molecule has 1 aliphatic rings. The van der Waals surface area contributed by atoms with Gasteiger partial charge in [0.05, 0.1) is 17.4 Å². The fraction of sp³-hybridized carbons (Fsp3) is 0.235. The minimum atomic E-state index is -0.269. The van der Waals surface area contributed by atoms with Crippen molar-refractivity contribution in [3.8, 4) is 6.19 Å². The molecule has 0 bridgehead atoms. The van der Waals surface area contributed by atoms with Crippen LogP contribution in [0.5, 0.6) is 0 Å². The number of guanidine groups is 1. The van der Waals surface area contributed by atoms with Crippen molar-refractivity contribution >= 4 is 17.5 Å². The summed E-state index contributed by atoms with van der Waals surface area (Å²) in [6.45, 7) is 0. The highest BCUT2D eigenvalue weighted by Gasteiger charge is 2.38. The first-order chi connectivity index (χ1) is 11.2. The average molecular weight is 306 g/mol. The van der Waals surface area contributed by atoms with Gasteiger partial charge < -0.3 is 11.1 Å². The second-order valence-electron chi connectivity index (χ2n) is 5.55. The number of aromatic nitrogens is 1. The molecule has 0 spiro atoms. The Balaban J connectivity index is 1.88. The SMILES string of the molecule is N#CNC(=NC1(c2ccccc2)CCC1)Nc1ccc(N)nc1. The molecule has 0 aliphatic heterocycles. The van der Waals surface area contributed by atoms with E-state index >= 15 is 0 Å². The summed E-state index contributed by atoms with van der Waals surface area (Å²) in [5, 5.41) is 14.7. The molecule has 0 unspecified atom stereocenters. The number of nitrogens with two attached hydrogens (primary N) is 1. The fourth-order valence-electron chi connectivity index (χ4n) is 2.70. The lowest BCUT2D eigenvalue weighted by atomic mass is 9.72. The van der Waals surface area contributed by atoms with E-state index < -0.39 is 0 Å². The topological polar surface area (TPSA) is 99.1 Å². The quantitative estimate of drug-likeness (QED) is 0.350. The Morgan fingerprint density at radius 1 is 1.22 bits per heavy atom. The molecule has 2 aromatic rings. The van der Waals surface area contributed by atoms with Gasteiger partial charge in [0, 0.05) is 0 Å². The van der Waals surface area contributed by atoms with Crippen LogP contribution in [-0.4, -0.2) is 10.9 Å². The largest absolute Gasteiger partial charge is 0.384 e. The summed E-state index contributed by atoms with van der Waals surface area (Å²) >= 11 is 0. The zero-order chi connectivity index (χ0) is 16.1. The zero-order valence-corrected chi connectivity index (χ0v) is 12.7. The predicted molar refractivity (Wildman–Crippen MR) is 90.4 cm³/mol. The van der Waals surface area contributed by atoms with E-state index in [-0.39, 0.29) is 5.54 Å². The third-order valence-electron chi connectivity index (χ3n) is 4.04. The Morgan fingerprint density at radius 3 is 2.57 bits per heavy atom. The summed E-state index contributed by atoms with van der Waals surface area (Å²) in [4.78, 5) is 8.83. The van der Waals surface area contributed by atoms with Gasteiger partial charge in [-0.15, -0.1) is 0 Å². The molecule has 0 radical (unpaired) electrons. The predicted octanol–water partition coefficient (Wildman–Crippen LogP) is 2.58. The van der Waals surface area contributed by atoms with Crippen molar-refractivity contribution in [1.82, 2.24) is 10.3 Å². The van der Waals surface area contributed by atoms with Crippen LogP contribution >= 0.6 is 0 Å². The first-order valence-electron chi connectivity index (χ1n) is 7.51. The molecule has 0 atom stereocenters. The second kappa shape index (κ2) is 6.36. The highest BCUT2D eigenvalue weighted by molar-refractivity contribution is 5.94. The first-order valence-corrected chi connectivity index (χ1v) is 7.51. The fourth-order valence-corrected chi connectivity index (χ4v) is 2.70. The lowest BCUT2D eigenvalue weighted by Crippen LogP contribution is -2.37. The van der Waals surface area contributed by atoms with E-state index in [0.29, 0.717) is 11.8 Å². The normalized spacial score (nSPS) is 16.0. The molecular formula is C17H18N6. The van der Waals surface area contributed by atoms with E-state index in [1.807, 2.05) is 24.4 Å². The number of nitrogen functional groups attached to an aromatic ring is 1. The van der Waals surface area contributed by atoms with Crippen LogP contribution < -0.4 is 16.4 Å². The third-order valence-corrected chi connectivity index (χ3v) is 4.04. The average Bonchev–Trinajstić information content (AvgIpc) is 2.54. The Bertz CT molecular complexity index is 726. The van der Waals surface area contributed by atoms with Crippen LogP contribution in [0.1, 0.15) is 24.8 Å². The Morgan fingerprint density at radius 2 is 2.00 bits per heavy atom. The van der Waals surface area contributed by atoms with Crippen molar-refractivity contribution in [2.75, 3.05) is 11.1 Å². The van der Waals surface area contributed by atoms with Crippen molar-refractivity contribution < 1.29 is 0 Å². The van der Waals surface area contributed by atoms with Crippen LogP contribution in [0.4, 0.5) is 11.5 Å². The van der Waals surface area contributed by atoms with E-state index in [2.05, 4.69) is 27.8 Å². The lowest BCUT2D eigenvalue weighted by molar-refractivity contribution is 0.256. The summed E-state index contributed by atoms with van der Waals surface area (Å²) in [5.41, 5.74) is 7.21. The zero-order valence-electron chi connectivity index (χ0n) is 12.7. The number of nitriles is 1. The molecule has 6 nitrogen and oxygen atoms in total. The molecule has 1 aromatic carbocycles. The smallest absolute Gasteiger partial charge is 0.210 e. The van der Waals surface area contributed by atoms with Crippen molar-refractivity contribution in [2.24, 2.45) is 4.99 Å². The number of nitrogens with one attached hydrogen (secondary N) is 2. The molecule has 116 valence electrons. The van der Waals surface area contributed by atoms with Crippen LogP contribution in [0, 0.1) is 11.5 Å². The summed E-state index contributed by atoms with van der Waals surface area (Å²) < 4.78 is 0. The molecule has 1 fully saturated rings. The molecule has 6 heteroatoms. The Hall–Kier alpha value is -3.07. The van der Waals surface area contributed by atoms with Gasteiger partial charge in [-0.05, 0) is 37.0 Å². The van der Waals surface area contributed by atoms with Crippen LogP contribution in [0.25, 0.3) is 0 Å². The van der Waals surface area contributed by atoms with Gasteiger partial charge in [-0.2, -0.15) is 5.26 Å². The number of hydrogen-bond acceptors (Lipinski definition) is 4. The molecule has 1 saturated carbocycles. The van der Waals surface area contributed by atoms with Gasteiger partial charge in [-0.3, -0.25) is 5.32 Å². The molecule has 0 amide bonds. The number of nitrogens with zero attached hydrogens (tertiary/aromatic N) is 3. The van der Waals surface area contributed by atoms with Crippen molar-refractivity contribution in [1.29, 1.82) is 5.26 Å². The maximum absolute atomic E-state index is 9.00. The molecule has 3 rings (SSSR count). The number of benzene rings is 1. The van der Waals surface area contributed by atoms with E-state index in [9.17, 15) is 0 Å². The van der Waals surface area contributed by atoms with Crippen LogP contribution in [-0.2, 0) is 5.54 Å².